The van der Waals surface area contributed by atoms with Gasteiger partial charge in [-0.2, -0.15) is 0 Å². The maximum absolute atomic E-state index is 5.59. The first kappa shape index (κ1) is 20.0. The van der Waals surface area contributed by atoms with Crippen molar-refractivity contribution in [2.24, 2.45) is 0 Å². The molecule has 0 aliphatic heterocycles. The topological polar surface area (TPSA) is 66.0 Å². The average Bonchev–Trinajstić information content (AvgIpc) is 3.60. The molecular weight excluding hydrogens is 448 g/mol. The van der Waals surface area contributed by atoms with Gasteiger partial charge in [0.15, 0.2) is 11.0 Å². The molecule has 9 heteroatoms. The Morgan fingerprint density at radius 2 is 2.06 bits per heavy atom. The van der Waals surface area contributed by atoms with Crippen LogP contribution in [0.25, 0.3) is 21.3 Å². The Hall–Kier alpha value is -2.88. The molecule has 0 bridgehead atoms. The summed E-state index contributed by atoms with van der Waals surface area (Å²) < 4.78 is 13.0. The Kier molecular flexibility index (Phi) is 5.88. The summed E-state index contributed by atoms with van der Waals surface area (Å²) in [6.45, 7) is 0.548. The van der Waals surface area contributed by atoms with E-state index in [4.69, 9.17) is 14.1 Å². The van der Waals surface area contributed by atoms with Gasteiger partial charge in [-0.3, -0.25) is 4.57 Å². The number of furan rings is 1. The summed E-state index contributed by atoms with van der Waals surface area (Å²) in [4.78, 5) is 5.97. The Bertz CT molecular complexity index is 1260. The lowest BCUT2D eigenvalue weighted by atomic mass is 10.2. The predicted octanol–water partition coefficient (Wildman–Crippen LogP) is 6.07. The van der Waals surface area contributed by atoms with Crippen LogP contribution in [-0.2, 0) is 12.3 Å². The summed E-state index contributed by atoms with van der Waals surface area (Å²) in [5.41, 5.74) is 1.98. The van der Waals surface area contributed by atoms with E-state index in [0.717, 1.165) is 44.5 Å². The summed E-state index contributed by atoms with van der Waals surface area (Å²) in [5, 5.41) is 15.0. The van der Waals surface area contributed by atoms with Crippen LogP contribution in [-0.4, -0.2) is 26.9 Å². The quantitative estimate of drug-likeness (QED) is 0.259. The molecule has 1 aromatic carbocycles. The van der Waals surface area contributed by atoms with E-state index in [-0.39, 0.29) is 0 Å². The fourth-order valence-corrected chi connectivity index (χ4v) is 5.67. The minimum absolute atomic E-state index is 0.548. The molecule has 0 aliphatic rings. The van der Waals surface area contributed by atoms with Crippen LogP contribution in [0.2, 0.25) is 0 Å². The highest BCUT2D eigenvalue weighted by atomic mass is 32.2. The van der Waals surface area contributed by atoms with Gasteiger partial charge in [-0.25, -0.2) is 4.98 Å². The Labute approximate surface area is 191 Å². The molecular formula is C22H18N4O2S3. The van der Waals surface area contributed by atoms with Crippen LogP contribution in [0.15, 0.2) is 75.1 Å². The molecule has 156 valence electrons. The first-order valence-electron chi connectivity index (χ1n) is 9.51. The van der Waals surface area contributed by atoms with Gasteiger partial charge in [0.05, 0.1) is 30.5 Å². The third-order valence-corrected chi connectivity index (χ3v) is 7.50. The first-order chi connectivity index (χ1) is 15.3. The summed E-state index contributed by atoms with van der Waals surface area (Å²) in [6.07, 6.45) is 1.68. The minimum Gasteiger partial charge on any atom is -0.497 e. The number of rotatable bonds is 8. The molecule has 0 aliphatic carbocycles. The molecule has 0 unspecified atom stereocenters. The van der Waals surface area contributed by atoms with Gasteiger partial charge in [-0.15, -0.1) is 32.9 Å². The molecule has 0 N–H and O–H groups in total. The summed E-state index contributed by atoms with van der Waals surface area (Å²) in [6, 6.07) is 15.8. The van der Waals surface area contributed by atoms with E-state index in [1.807, 2.05) is 42.5 Å². The summed E-state index contributed by atoms with van der Waals surface area (Å²) in [7, 11) is 1.66. The van der Waals surface area contributed by atoms with Crippen LogP contribution in [0.5, 0.6) is 5.75 Å². The van der Waals surface area contributed by atoms with Crippen LogP contribution in [0.4, 0.5) is 0 Å². The fraction of sp³-hybridized carbons (Fsp3) is 0.136. The van der Waals surface area contributed by atoms with Gasteiger partial charge >= 0.3 is 0 Å². The molecule has 4 heterocycles. The van der Waals surface area contributed by atoms with Crippen LogP contribution >= 0.6 is 34.4 Å². The minimum atomic E-state index is 0.548. The Morgan fingerprint density at radius 1 is 1.10 bits per heavy atom. The number of benzene rings is 1. The lowest BCUT2D eigenvalue weighted by Crippen LogP contribution is -2.03. The number of hydrogen-bond donors (Lipinski definition) is 0. The van der Waals surface area contributed by atoms with Gasteiger partial charge in [-0.05, 0) is 35.7 Å². The highest BCUT2D eigenvalue weighted by Crippen LogP contribution is 2.32. The highest BCUT2D eigenvalue weighted by molar-refractivity contribution is 7.98. The zero-order valence-corrected chi connectivity index (χ0v) is 19.0. The lowest BCUT2D eigenvalue weighted by molar-refractivity contribution is 0.415. The van der Waals surface area contributed by atoms with Crippen molar-refractivity contribution in [3.05, 3.63) is 77.0 Å². The molecule has 0 radical (unpaired) electrons. The van der Waals surface area contributed by atoms with E-state index < -0.39 is 0 Å². The highest BCUT2D eigenvalue weighted by Gasteiger charge is 2.17. The van der Waals surface area contributed by atoms with Crippen molar-refractivity contribution in [2.75, 3.05) is 7.11 Å². The van der Waals surface area contributed by atoms with Gasteiger partial charge in [0.1, 0.15) is 16.5 Å². The second-order valence-electron chi connectivity index (χ2n) is 6.61. The zero-order chi connectivity index (χ0) is 21.0. The van der Waals surface area contributed by atoms with Crippen LogP contribution in [0.3, 0.4) is 0 Å². The molecule has 0 saturated heterocycles. The van der Waals surface area contributed by atoms with E-state index in [2.05, 4.69) is 31.6 Å². The van der Waals surface area contributed by atoms with E-state index in [9.17, 15) is 0 Å². The van der Waals surface area contributed by atoms with Gasteiger partial charge in [0.25, 0.3) is 0 Å². The van der Waals surface area contributed by atoms with Crippen molar-refractivity contribution in [3.63, 3.8) is 0 Å². The van der Waals surface area contributed by atoms with Gasteiger partial charge in [0.2, 0.25) is 0 Å². The number of aromatic nitrogens is 4. The van der Waals surface area contributed by atoms with Crippen molar-refractivity contribution < 1.29 is 9.15 Å². The largest absolute Gasteiger partial charge is 0.497 e. The van der Waals surface area contributed by atoms with Crippen molar-refractivity contribution in [2.45, 2.75) is 17.5 Å². The number of ether oxygens (including phenoxy) is 1. The van der Waals surface area contributed by atoms with Gasteiger partial charge < -0.3 is 9.15 Å². The second-order valence-corrected chi connectivity index (χ2v) is 9.36. The van der Waals surface area contributed by atoms with Crippen LogP contribution < -0.4 is 4.74 Å². The molecule has 0 amide bonds. The lowest BCUT2D eigenvalue weighted by Gasteiger charge is -2.09. The first-order valence-corrected chi connectivity index (χ1v) is 12.3. The molecule has 0 atom stereocenters. The molecule has 0 fully saturated rings. The van der Waals surface area contributed by atoms with Gasteiger partial charge in [-0.1, -0.05) is 30.0 Å². The van der Waals surface area contributed by atoms with E-state index in [1.165, 1.54) is 4.88 Å². The molecule has 5 aromatic rings. The van der Waals surface area contributed by atoms with Crippen LogP contribution in [0.1, 0.15) is 11.5 Å². The molecule has 0 spiro atoms. The summed E-state index contributed by atoms with van der Waals surface area (Å²) >= 11 is 5.00. The second kappa shape index (κ2) is 9.09. The van der Waals surface area contributed by atoms with E-state index in [1.54, 1.807) is 47.8 Å². The van der Waals surface area contributed by atoms with E-state index in [0.29, 0.717) is 6.54 Å². The van der Waals surface area contributed by atoms with Crippen molar-refractivity contribution in [1.29, 1.82) is 0 Å². The van der Waals surface area contributed by atoms with Crippen molar-refractivity contribution >= 4 is 34.4 Å². The van der Waals surface area contributed by atoms with Crippen molar-refractivity contribution in [1.82, 2.24) is 19.7 Å². The predicted molar refractivity (Wildman–Crippen MR) is 125 cm³/mol. The average molecular weight is 467 g/mol. The number of thiophene rings is 1. The SMILES string of the molecule is COc1cccc(-c2nnc(SCc3csc(-c4cccs4)n3)n2Cc2ccco2)c1. The fourth-order valence-electron chi connectivity index (χ4n) is 3.10. The molecule has 31 heavy (non-hydrogen) atoms. The molecule has 6 nitrogen and oxygen atoms in total. The normalized spacial score (nSPS) is 11.1. The maximum Gasteiger partial charge on any atom is 0.192 e. The molecule has 4 aromatic heterocycles. The number of hydrogen-bond acceptors (Lipinski definition) is 8. The Morgan fingerprint density at radius 3 is 2.87 bits per heavy atom. The van der Waals surface area contributed by atoms with Gasteiger partial charge in [0, 0.05) is 16.7 Å². The summed E-state index contributed by atoms with van der Waals surface area (Å²) in [5.74, 6) is 3.12. The third kappa shape index (κ3) is 4.43. The third-order valence-electron chi connectivity index (χ3n) is 4.57. The number of thioether (sulfide) groups is 1. The number of thiazole rings is 1. The molecule has 0 saturated carbocycles. The smallest absolute Gasteiger partial charge is 0.192 e. The Balaban J connectivity index is 1.42. The number of nitrogens with zero attached hydrogens (tertiary/aromatic N) is 4. The van der Waals surface area contributed by atoms with Crippen molar-refractivity contribution in [3.8, 4) is 27.0 Å². The van der Waals surface area contributed by atoms with E-state index >= 15 is 0 Å². The maximum atomic E-state index is 5.59. The van der Waals surface area contributed by atoms with Crippen LogP contribution in [0, 0.1) is 0 Å². The monoisotopic (exact) mass is 466 g/mol. The zero-order valence-electron chi connectivity index (χ0n) is 16.6. The number of methoxy groups -OCH3 is 1. The molecule has 5 rings (SSSR count). The standard InChI is InChI=1S/C22H18N4O2S3/c1-27-17-6-2-5-15(11-17)20-24-25-22(26(20)12-18-7-3-9-28-18)31-14-16-13-30-21(23-16)19-8-4-10-29-19/h2-11,13H,12,14H2,1H3.